The van der Waals surface area contributed by atoms with Crippen LogP contribution in [0.2, 0.25) is 0 Å². The van der Waals surface area contributed by atoms with Crippen LogP contribution in [-0.4, -0.2) is 15.3 Å². The Balaban J connectivity index is 2.73. The summed E-state index contributed by atoms with van der Waals surface area (Å²) in [4.78, 5) is 0. The van der Waals surface area contributed by atoms with Crippen molar-refractivity contribution in [3.63, 3.8) is 0 Å². The van der Waals surface area contributed by atoms with Gasteiger partial charge >= 0.3 is 0 Å². The number of fused-ring (bicyclic) bond motifs is 1. The van der Waals surface area contributed by atoms with Gasteiger partial charge in [-0.05, 0) is 17.6 Å². The topological polar surface area (TPSA) is 16.1 Å². The molecule has 1 aliphatic heterocycles. The van der Waals surface area contributed by atoms with Gasteiger partial charge in [-0.15, -0.1) is 0 Å². The Labute approximate surface area is 67.3 Å². The fraction of sp³-hybridized carbons (Fsp3) is 0.167. The van der Waals surface area contributed by atoms with Crippen molar-refractivity contribution in [2.75, 3.05) is 6.54 Å². The van der Waals surface area contributed by atoms with Gasteiger partial charge in [-0.2, -0.15) is 4.37 Å². The van der Waals surface area contributed by atoms with E-state index >= 15 is 0 Å². The molecule has 4 heteroatoms. The molecule has 2 nitrogen and oxygen atoms in total. The molecule has 0 amide bonds. The molecule has 0 N–H and O–H groups in total. The van der Waals surface area contributed by atoms with Gasteiger partial charge in [-0.1, -0.05) is 0 Å². The summed E-state index contributed by atoms with van der Waals surface area (Å²) in [7, 11) is 0. The minimum Gasteiger partial charge on any atom is -0.288 e. The Hall–Kier alpha value is -0.540. The third-order valence-corrected chi connectivity index (χ3v) is 2.40. The molecular weight excluding hydrogens is 168 g/mol. The van der Waals surface area contributed by atoms with Crippen LogP contribution in [0.5, 0.6) is 0 Å². The third kappa shape index (κ3) is 0.914. The zero-order valence-corrected chi connectivity index (χ0v) is 6.69. The molecule has 0 spiro atoms. The van der Waals surface area contributed by atoms with Crippen LogP contribution in [0, 0.1) is 0 Å². The van der Waals surface area contributed by atoms with Crippen LogP contribution in [0.15, 0.2) is 6.20 Å². The average Bonchev–Trinajstić information content (AvgIpc) is 2.33. The van der Waals surface area contributed by atoms with E-state index in [0.717, 1.165) is 11.8 Å². The van der Waals surface area contributed by atoms with E-state index in [2.05, 4.69) is 10.4 Å². The van der Waals surface area contributed by atoms with E-state index in [1.807, 2.05) is 12.4 Å². The molecule has 0 aliphatic carbocycles. The zero-order chi connectivity index (χ0) is 6.97. The lowest BCUT2D eigenvalue weighted by Crippen LogP contribution is -2.27. The van der Waals surface area contributed by atoms with E-state index in [-0.39, 0.29) is 0 Å². The van der Waals surface area contributed by atoms with Crippen LogP contribution in [0.4, 0.5) is 0 Å². The van der Waals surface area contributed by atoms with E-state index in [1.165, 1.54) is 16.1 Å². The Morgan fingerprint density at radius 3 is 3.50 bits per heavy atom. The molecule has 0 saturated carbocycles. The number of nitrogens with zero attached hydrogens (tertiary/aromatic N) is 2. The summed E-state index contributed by atoms with van der Waals surface area (Å²) >= 11 is 7.23. The fourth-order valence-corrected chi connectivity index (χ4v) is 1.70. The van der Waals surface area contributed by atoms with Gasteiger partial charge in [0.15, 0.2) is 0 Å². The van der Waals surface area contributed by atoms with E-state index in [9.17, 15) is 0 Å². The first kappa shape index (κ1) is 6.19. The van der Waals surface area contributed by atoms with E-state index < -0.39 is 0 Å². The van der Waals surface area contributed by atoms with Crippen molar-refractivity contribution in [2.45, 2.75) is 0 Å². The minimum absolute atomic E-state index is 0.775. The van der Waals surface area contributed by atoms with Crippen molar-refractivity contribution in [2.24, 2.45) is 0 Å². The predicted molar refractivity (Wildman–Crippen MR) is 42.9 cm³/mol. The van der Waals surface area contributed by atoms with E-state index in [4.69, 9.17) is 11.8 Å². The summed E-state index contributed by atoms with van der Waals surface area (Å²) in [5.41, 5.74) is 0. The Morgan fingerprint density at radius 1 is 1.70 bits per heavy atom. The molecule has 0 radical (unpaired) electrons. The summed E-state index contributed by atoms with van der Waals surface area (Å²) in [5.74, 6) is 0. The van der Waals surface area contributed by atoms with Gasteiger partial charge < -0.3 is 0 Å². The fourth-order valence-electron chi connectivity index (χ4n) is 0.882. The molecule has 0 atom stereocenters. The number of aromatic nitrogens is 1. The lowest BCUT2D eigenvalue weighted by Gasteiger charge is -2.07. The van der Waals surface area contributed by atoms with Crippen LogP contribution in [0.3, 0.4) is 0 Å². The summed E-state index contributed by atoms with van der Waals surface area (Å²) in [6.07, 6.45) is 5.78. The first-order valence-corrected chi connectivity index (χ1v) is 4.02. The third-order valence-electron chi connectivity index (χ3n) is 1.36. The molecule has 0 unspecified atom stereocenters. The number of hydrogen-bond acceptors (Lipinski definition) is 3. The number of halogens is 1. The van der Waals surface area contributed by atoms with Crippen molar-refractivity contribution in [3.05, 3.63) is 15.9 Å². The summed E-state index contributed by atoms with van der Waals surface area (Å²) < 4.78 is 6.87. The molecule has 0 fully saturated rings. The Morgan fingerprint density at radius 2 is 2.60 bits per heavy atom. The second-order valence-electron chi connectivity index (χ2n) is 2.06. The standard InChI is InChI=1S/C6H5ClN2S/c7-9-2-1-6-5(4-9)3-8-10-6/h1,3-4H,2H2. The molecule has 0 bridgehead atoms. The van der Waals surface area contributed by atoms with Gasteiger partial charge in [-0.3, -0.25) is 4.42 Å². The van der Waals surface area contributed by atoms with E-state index in [0.29, 0.717) is 0 Å². The van der Waals surface area contributed by atoms with Crippen molar-refractivity contribution < 1.29 is 0 Å². The van der Waals surface area contributed by atoms with Crippen LogP contribution >= 0.6 is 23.3 Å². The molecule has 0 saturated heterocycles. The van der Waals surface area contributed by atoms with Crippen molar-refractivity contribution in [3.8, 4) is 0 Å². The monoisotopic (exact) mass is 172 g/mol. The Kier molecular flexibility index (Phi) is 1.39. The molecule has 2 rings (SSSR count). The van der Waals surface area contributed by atoms with Gasteiger partial charge in [0.1, 0.15) is 0 Å². The number of hydrogen-bond donors (Lipinski definition) is 0. The zero-order valence-electron chi connectivity index (χ0n) is 5.12. The van der Waals surface area contributed by atoms with Crippen molar-refractivity contribution >= 4 is 35.6 Å². The maximum absolute atomic E-state index is 5.72. The second kappa shape index (κ2) is 2.25. The highest BCUT2D eigenvalue weighted by atomic mass is 35.5. The lowest BCUT2D eigenvalue weighted by atomic mass is 10.4. The first-order chi connectivity index (χ1) is 4.86. The molecule has 52 valence electrons. The van der Waals surface area contributed by atoms with Gasteiger partial charge in [0, 0.05) is 23.2 Å². The SMILES string of the molecule is ClN1C=c2cnsc2=CC1. The van der Waals surface area contributed by atoms with Crippen LogP contribution in [0.25, 0.3) is 12.3 Å². The quantitative estimate of drug-likeness (QED) is 0.518. The van der Waals surface area contributed by atoms with Gasteiger partial charge in [0.2, 0.25) is 0 Å². The molecule has 1 aliphatic rings. The van der Waals surface area contributed by atoms with Crippen LogP contribution in [0.1, 0.15) is 0 Å². The van der Waals surface area contributed by atoms with Gasteiger partial charge in [0.25, 0.3) is 0 Å². The molecule has 0 aromatic carbocycles. The molecule has 2 heterocycles. The largest absolute Gasteiger partial charge is 0.288 e. The predicted octanol–water partition coefficient (Wildman–Crippen LogP) is 0.131. The molecule has 10 heavy (non-hydrogen) atoms. The maximum atomic E-state index is 5.72. The normalized spacial score (nSPS) is 15.5. The molecular formula is C6H5ClN2S. The smallest absolute Gasteiger partial charge is 0.0543 e. The second-order valence-corrected chi connectivity index (χ2v) is 3.33. The first-order valence-electron chi connectivity index (χ1n) is 2.91. The van der Waals surface area contributed by atoms with Gasteiger partial charge in [0.05, 0.1) is 17.3 Å². The minimum atomic E-state index is 0.775. The van der Waals surface area contributed by atoms with Gasteiger partial charge in [-0.25, -0.2) is 0 Å². The summed E-state index contributed by atoms with van der Waals surface area (Å²) in [6.45, 7) is 0.775. The number of rotatable bonds is 0. The molecule has 1 aromatic rings. The highest BCUT2D eigenvalue weighted by Crippen LogP contribution is 1.96. The van der Waals surface area contributed by atoms with Crippen LogP contribution in [-0.2, 0) is 0 Å². The average molecular weight is 173 g/mol. The highest BCUT2D eigenvalue weighted by molar-refractivity contribution is 7.03. The lowest BCUT2D eigenvalue weighted by molar-refractivity contribution is 0.743. The Bertz CT molecular complexity index is 343. The van der Waals surface area contributed by atoms with Crippen molar-refractivity contribution in [1.29, 1.82) is 0 Å². The van der Waals surface area contributed by atoms with Crippen molar-refractivity contribution in [1.82, 2.24) is 8.79 Å². The maximum Gasteiger partial charge on any atom is 0.0543 e. The highest BCUT2D eigenvalue weighted by Gasteiger charge is 1.99. The summed E-state index contributed by atoms with van der Waals surface area (Å²) in [5, 5.41) is 1.12. The summed E-state index contributed by atoms with van der Waals surface area (Å²) in [6, 6.07) is 0. The molecule has 1 aromatic heterocycles. The van der Waals surface area contributed by atoms with Crippen LogP contribution < -0.4 is 9.75 Å². The van der Waals surface area contributed by atoms with E-state index in [1.54, 1.807) is 4.42 Å².